The molecule has 3 saturated carbocycles. The lowest BCUT2D eigenvalue weighted by molar-refractivity contribution is -0.181. The normalized spacial score (nSPS) is 41.0. The van der Waals surface area contributed by atoms with E-state index in [1.165, 1.54) is 12.0 Å². The van der Waals surface area contributed by atoms with Crippen molar-refractivity contribution in [1.82, 2.24) is 0 Å². The Labute approximate surface area is 200 Å². The molecule has 0 N–H and O–H groups in total. The standard InChI is InChI=1S/C29H44O4/c1-17(2)26(32)12-7-18(3)23-10-11-24-22-9-8-20-15-21(31)13-14-28(20,5)25(22)16-27(29(23,24)6)33-19(4)30/h15,17-18,22-25,27H,7-14,16H2,1-6H3/t18?,22-,23?,24?,25?,27+,28-,29+/m0/s1. The molecule has 0 amide bonds. The topological polar surface area (TPSA) is 60.4 Å². The summed E-state index contributed by atoms with van der Waals surface area (Å²) < 4.78 is 6.15. The summed E-state index contributed by atoms with van der Waals surface area (Å²) in [6.45, 7) is 12.6. The van der Waals surface area contributed by atoms with Crippen molar-refractivity contribution in [2.75, 3.05) is 0 Å². The molecule has 4 rings (SSSR count). The van der Waals surface area contributed by atoms with E-state index in [4.69, 9.17) is 4.74 Å². The number of allylic oxidation sites excluding steroid dienone is 1. The summed E-state index contributed by atoms with van der Waals surface area (Å²) >= 11 is 0. The summed E-state index contributed by atoms with van der Waals surface area (Å²) in [6.07, 6.45) is 10.5. The minimum absolute atomic E-state index is 0.0325. The summed E-state index contributed by atoms with van der Waals surface area (Å²) in [4.78, 5) is 36.7. The van der Waals surface area contributed by atoms with Gasteiger partial charge in [0.25, 0.3) is 0 Å². The van der Waals surface area contributed by atoms with Gasteiger partial charge >= 0.3 is 5.97 Å². The number of carbonyl (C=O) groups excluding carboxylic acids is 3. The molecule has 3 fully saturated rings. The van der Waals surface area contributed by atoms with Crippen LogP contribution in [0.15, 0.2) is 11.6 Å². The molecular formula is C29H44O4. The zero-order valence-corrected chi connectivity index (χ0v) is 21.6. The highest BCUT2D eigenvalue weighted by atomic mass is 16.5. The van der Waals surface area contributed by atoms with Crippen LogP contribution in [0, 0.1) is 46.3 Å². The van der Waals surface area contributed by atoms with E-state index in [0.717, 1.165) is 38.5 Å². The van der Waals surface area contributed by atoms with Gasteiger partial charge in [-0.1, -0.05) is 40.2 Å². The van der Waals surface area contributed by atoms with Crippen LogP contribution in [-0.4, -0.2) is 23.6 Å². The molecule has 8 atom stereocenters. The smallest absolute Gasteiger partial charge is 0.302 e. The summed E-state index contributed by atoms with van der Waals surface area (Å²) in [5.41, 5.74) is 1.37. The number of ether oxygens (including phenoxy) is 1. The fraction of sp³-hybridized carbons (Fsp3) is 0.828. The van der Waals surface area contributed by atoms with E-state index in [0.29, 0.717) is 48.2 Å². The highest BCUT2D eigenvalue weighted by molar-refractivity contribution is 5.91. The van der Waals surface area contributed by atoms with Gasteiger partial charge in [-0.25, -0.2) is 0 Å². The van der Waals surface area contributed by atoms with E-state index in [2.05, 4.69) is 20.8 Å². The molecule has 4 aliphatic carbocycles. The first-order valence-corrected chi connectivity index (χ1v) is 13.4. The number of ketones is 2. The minimum atomic E-state index is -0.178. The zero-order valence-electron chi connectivity index (χ0n) is 21.6. The molecule has 4 aliphatic rings. The Kier molecular flexibility index (Phi) is 6.70. The van der Waals surface area contributed by atoms with Gasteiger partial charge in [0.2, 0.25) is 0 Å². The molecule has 184 valence electrons. The van der Waals surface area contributed by atoms with Gasteiger partial charge in [0, 0.05) is 31.1 Å². The monoisotopic (exact) mass is 456 g/mol. The summed E-state index contributed by atoms with van der Waals surface area (Å²) in [6, 6.07) is 0. The Bertz CT molecular complexity index is 841. The Morgan fingerprint density at radius 2 is 1.82 bits per heavy atom. The van der Waals surface area contributed by atoms with Crippen molar-refractivity contribution in [3.8, 4) is 0 Å². The Morgan fingerprint density at radius 3 is 2.48 bits per heavy atom. The van der Waals surface area contributed by atoms with Crippen molar-refractivity contribution >= 4 is 17.5 Å². The number of fused-ring (bicyclic) bond motifs is 5. The largest absolute Gasteiger partial charge is 0.462 e. The molecule has 4 unspecified atom stereocenters. The third-order valence-electron chi connectivity index (χ3n) is 10.6. The van der Waals surface area contributed by atoms with Gasteiger partial charge in [0.05, 0.1) is 0 Å². The molecule has 0 aromatic heterocycles. The molecule has 0 radical (unpaired) electrons. The fourth-order valence-corrected chi connectivity index (χ4v) is 8.69. The predicted molar refractivity (Wildman–Crippen MR) is 129 cm³/mol. The first-order chi connectivity index (χ1) is 15.5. The first kappa shape index (κ1) is 24.7. The molecule has 33 heavy (non-hydrogen) atoms. The van der Waals surface area contributed by atoms with Gasteiger partial charge in [-0.2, -0.15) is 0 Å². The predicted octanol–water partition coefficient (Wildman–Crippen LogP) is 6.32. The minimum Gasteiger partial charge on any atom is -0.462 e. The average Bonchev–Trinajstić information content (AvgIpc) is 3.11. The third kappa shape index (κ3) is 4.14. The molecule has 0 aromatic rings. The summed E-state index contributed by atoms with van der Waals surface area (Å²) in [5.74, 6) is 3.13. The van der Waals surface area contributed by atoms with E-state index >= 15 is 0 Å². The quantitative estimate of drug-likeness (QED) is 0.439. The van der Waals surface area contributed by atoms with Crippen LogP contribution in [0.4, 0.5) is 0 Å². The number of rotatable bonds is 6. The first-order valence-electron chi connectivity index (χ1n) is 13.4. The maximum Gasteiger partial charge on any atom is 0.302 e. The highest BCUT2D eigenvalue weighted by Gasteiger charge is 2.64. The number of hydrogen-bond acceptors (Lipinski definition) is 4. The number of esters is 1. The summed E-state index contributed by atoms with van der Waals surface area (Å²) in [7, 11) is 0. The van der Waals surface area contributed by atoms with Crippen LogP contribution in [-0.2, 0) is 19.1 Å². The van der Waals surface area contributed by atoms with Crippen molar-refractivity contribution < 1.29 is 19.1 Å². The fourth-order valence-electron chi connectivity index (χ4n) is 8.69. The lowest BCUT2D eigenvalue weighted by Crippen LogP contribution is -2.57. The molecule has 0 heterocycles. The molecule has 0 aromatic carbocycles. The SMILES string of the molecule is CC(=O)O[C@@H]1CC2[C@@H](CCC3=CC(=O)CC[C@@]32C)C2CCC(C(C)CCC(=O)C(C)C)[C@]21C. The average molecular weight is 457 g/mol. The van der Waals surface area contributed by atoms with Crippen molar-refractivity contribution in [1.29, 1.82) is 0 Å². The van der Waals surface area contributed by atoms with Crippen LogP contribution in [0.3, 0.4) is 0 Å². The number of Topliss-reactive ketones (excluding diaryl/α,β-unsaturated/α-hetero) is 1. The highest BCUT2D eigenvalue weighted by Crippen LogP contribution is 2.68. The molecule has 4 heteroatoms. The van der Waals surface area contributed by atoms with Gasteiger partial charge in [-0.05, 0) is 86.0 Å². The van der Waals surface area contributed by atoms with E-state index in [1.54, 1.807) is 6.92 Å². The van der Waals surface area contributed by atoms with E-state index in [1.807, 2.05) is 19.9 Å². The van der Waals surface area contributed by atoms with Crippen LogP contribution in [0.2, 0.25) is 0 Å². The molecule has 0 aliphatic heterocycles. The van der Waals surface area contributed by atoms with Crippen molar-refractivity contribution in [2.24, 2.45) is 46.3 Å². The second kappa shape index (κ2) is 8.96. The van der Waals surface area contributed by atoms with Crippen molar-refractivity contribution in [3.63, 3.8) is 0 Å². The van der Waals surface area contributed by atoms with Crippen LogP contribution in [0.25, 0.3) is 0 Å². The molecular weight excluding hydrogens is 412 g/mol. The van der Waals surface area contributed by atoms with Crippen LogP contribution in [0.1, 0.15) is 99.3 Å². The summed E-state index contributed by atoms with van der Waals surface area (Å²) in [5, 5.41) is 0. The van der Waals surface area contributed by atoms with Gasteiger partial charge in [-0.15, -0.1) is 0 Å². The van der Waals surface area contributed by atoms with Gasteiger partial charge in [-0.3, -0.25) is 14.4 Å². The number of hydrogen-bond donors (Lipinski definition) is 0. The molecule has 0 spiro atoms. The van der Waals surface area contributed by atoms with Gasteiger partial charge < -0.3 is 4.74 Å². The van der Waals surface area contributed by atoms with E-state index in [9.17, 15) is 14.4 Å². The maximum atomic E-state index is 12.3. The lowest BCUT2D eigenvalue weighted by Gasteiger charge is -2.60. The van der Waals surface area contributed by atoms with E-state index in [-0.39, 0.29) is 34.6 Å². The van der Waals surface area contributed by atoms with Gasteiger partial charge in [0.15, 0.2) is 5.78 Å². The van der Waals surface area contributed by atoms with Gasteiger partial charge in [0.1, 0.15) is 11.9 Å². The molecule has 4 nitrogen and oxygen atoms in total. The lowest BCUT2D eigenvalue weighted by atomic mass is 9.45. The second-order valence-corrected chi connectivity index (χ2v) is 12.5. The zero-order chi connectivity index (χ0) is 24.1. The van der Waals surface area contributed by atoms with Crippen LogP contribution >= 0.6 is 0 Å². The Morgan fingerprint density at radius 1 is 1.09 bits per heavy atom. The van der Waals surface area contributed by atoms with Crippen molar-refractivity contribution in [2.45, 2.75) is 105 Å². The van der Waals surface area contributed by atoms with Crippen LogP contribution < -0.4 is 0 Å². The third-order valence-corrected chi connectivity index (χ3v) is 10.6. The number of carbonyl (C=O) groups is 3. The maximum absolute atomic E-state index is 12.3. The Hall–Kier alpha value is -1.45. The van der Waals surface area contributed by atoms with Crippen molar-refractivity contribution in [3.05, 3.63) is 11.6 Å². The Balaban J connectivity index is 1.63. The molecule has 0 saturated heterocycles. The molecule has 0 bridgehead atoms. The second-order valence-electron chi connectivity index (χ2n) is 12.5. The van der Waals surface area contributed by atoms with E-state index < -0.39 is 0 Å². The van der Waals surface area contributed by atoms with Crippen LogP contribution in [0.5, 0.6) is 0 Å².